The maximum atomic E-state index is 12.1. The number of aromatic nitrogens is 1. The number of rotatable bonds is 4. The van der Waals surface area contributed by atoms with Crippen LogP contribution in [0.4, 0.5) is 5.82 Å². The van der Waals surface area contributed by atoms with Gasteiger partial charge in [0.15, 0.2) is 5.96 Å². The summed E-state index contributed by atoms with van der Waals surface area (Å²) in [6.45, 7) is 7.97. The molecule has 0 atom stereocenters. The minimum atomic E-state index is -1.83. The van der Waals surface area contributed by atoms with Crippen molar-refractivity contribution in [3.8, 4) is 0 Å². The summed E-state index contributed by atoms with van der Waals surface area (Å²) in [5, 5.41) is 13.3. The number of anilines is 1. The van der Waals surface area contributed by atoms with Gasteiger partial charge in [-0.15, -0.1) is 0 Å². The monoisotopic (exact) mass is 364 g/mol. The molecule has 0 aliphatic carbocycles. The number of hydrogen-bond donors (Lipinski definition) is 3. The lowest BCUT2D eigenvalue weighted by atomic mass is 10.1. The van der Waals surface area contributed by atoms with Gasteiger partial charge in [0.2, 0.25) is 0 Å². The van der Waals surface area contributed by atoms with E-state index in [2.05, 4.69) is 31.5 Å². The molecular formula is C17H29N6OP. The first kappa shape index (κ1) is 18.4. The van der Waals surface area contributed by atoms with E-state index in [9.17, 15) is 4.57 Å². The van der Waals surface area contributed by atoms with Gasteiger partial charge in [-0.05, 0) is 18.3 Å². The third-order valence-corrected chi connectivity index (χ3v) is 7.43. The van der Waals surface area contributed by atoms with E-state index in [0.717, 1.165) is 69.5 Å². The second kappa shape index (κ2) is 7.85. The molecule has 0 bridgehead atoms. The van der Waals surface area contributed by atoms with Crippen LogP contribution < -0.4 is 10.6 Å². The van der Waals surface area contributed by atoms with Crippen LogP contribution in [0.1, 0.15) is 11.3 Å². The molecule has 25 heavy (non-hydrogen) atoms. The van der Waals surface area contributed by atoms with E-state index in [-0.39, 0.29) is 5.96 Å². The van der Waals surface area contributed by atoms with Crippen LogP contribution in [0.5, 0.6) is 0 Å². The van der Waals surface area contributed by atoms with Crippen LogP contribution in [-0.2, 0) is 17.5 Å². The Morgan fingerprint density at radius 3 is 2.68 bits per heavy atom. The fourth-order valence-corrected chi connectivity index (χ4v) is 5.00. The lowest BCUT2D eigenvalue weighted by molar-refractivity contribution is 0.199. The quantitative estimate of drug-likeness (QED) is 0.424. The van der Waals surface area contributed by atoms with Crippen LogP contribution in [-0.4, -0.2) is 79.5 Å². The van der Waals surface area contributed by atoms with Gasteiger partial charge in [0.1, 0.15) is 5.82 Å². The second-order valence-electron chi connectivity index (χ2n) is 7.16. The average Bonchev–Trinajstić information content (AvgIpc) is 2.60. The van der Waals surface area contributed by atoms with E-state index in [1.54, 1.807) is 7.05 Å². The molecule has 1 aromatic heterocycles. The Bertz CT molecular complexity index is 667. The summed E-state index contributed by atoms with van der Waals surface area (Å²) in [4.78, 5) is 9.57. The molecule has 0 saturated carbocycles. The zero-order valence-electron chi connectivity index (χ0n) is 15.2. The molecule has 1 fully saturated rings. The van der Waals surface area contributed by atoms with Crippen LogP contribution >= 0.6 is 7.14 Å². The van der Waals surface area contributed by atoms with Gasteiger partial charge in [0.05, 0.1) is 7.14 Å². The lowest BCUT2D eigenvalue weighted by Crippen LogP contribution is -2.42. The molecular weight excluding hydrogens is 335 g/mol. The van der Waals surface area contributed by atoms with Gasteiger partial charge in [-0.25, -0.2) is 4.98 Å². The number of guanidine groups is 1. The van der Waals surface area contributed by atoms with Crippen LogP contribution in [0.25, 0.3) is 0 Å². The molecule has 3 N–H and O–H groups in total. The number of hydrogen-bond acceptors (Lipinski definition) is 5. The average molecular weight is 364 g/mol. The molecule has 7 nitrogen and oxygen atoms in total. The largest absolute Gasteiger partial charge is 0.359 e. The predicted molar refractivity (Wildman–Crippen MR) is 103 cm³/mol. The highest BCUT2D eigenvalue weighted by Gasteiger charge is 2.24. The fraction of sp³-hybridized carbons (Fsp3) is 0.647. The van der Waals surface area contributed by atoms with Gasteiger partial charge < -0.3 is 20.1 Å². The van der Waals surface area contributed by atoms with Crippen molar-refractivity contribution in [1.29, 1.82) is 5.41 Å². The molecule has 0 unspecified atom stereocenters. The minimum absolute atomic E-state index is 0.253. The fourth-order valence-electron chi connectivity index (χ4n) is 3.36. The third-order valence-electron chi connectivity index (χ3n) is 5.14. The van der Waals surface area contributed by atoms with Gasteiger partial charge in [0, 0.05) is 70.8 Å². The minimum Gasteiger partial charge on any atom is -0.359 e. The highest BCUT2D eigenvalue weighted by atomic mass is 31.2. The SMILES string of the molecule is CNC(=N)Nc1ccc2c(n1)CCN(CCN1CCP(C)(=O)CC1)C2. The summed E-state index contributed by atoms with van der Waals surface area (Å²) in [6, 6.07) is 4.06. The Labute approximate surface area is 150 Å². The molecule has 0 radical (unpaired) electrons. The topological polar surface area (TPSA) is 84.3 Å². The highest BCUT2D eigenvalue weighted by molar-refractivity contribution is 7.63. The molecule has 2 aliphatic rings. The van der Waals surface area contributed by atoms with E-state index in [1.807, 2.05) is 12.7 Å². The Morgan fingerprint density at radius 2 is 1.96 bits per heavy atom. The maximum Gasteiger partial charge on any atom is 0.193 e. The van der Waals surface area contributed by atoms with Crippen molar-refractivity contribution in [3.63, 3.8) is 0 Å². The summed E-state index contributed by atoms with van der Waals surface area (Å²) >= 11 is 0. The maximum absolute atomic E-state index is 12.1. The standard InChI is InChI=1S/C17H29N6OP/c1-19-17(18)21-16-4-3-14-13-23(6-5-15(14)20-16)8-7-22-9-11-25(2,24)12-10-22/h3-4H,5-13H2,1-2H3,(H3,18,19,20,21). The normalized spacial score (nSPS) is 20.7. The molecule has 2 aliphatic heterocycles. The van der Waals surface area contributed by atoms with Gasteiger partial charge in [0.25, 0.3) is 0 Å². The van der Waals surface area contributed by atoms with Crippen LogP contribution in [0, 0.1) is 5.41 Å². The highest BCUT2D eigenvalue weighted by Crippen LogP contribution is 2.42. The molecule has 1 aromatic rings. The summed E-state index contributed by atoms with van der Waals surface area (Å²) in [7, 11) is -0.114. The predicted octanol–water partition coefficient (Wildman–Crippen LogP) is 1.31. The van der Waals surface area contributed by atoms with Crippen molar-refractivity contribution in [2.24, 2.45) is 0 Å². The van der Waals surface area contributed by atoms with Crippen LogP contribution in [0.15, 0.2) is 12.1 Å². The summed E-state index contributed by atoms with van der Waals surface area (Å²) in [5.74, 6) is 0.979. The zero-order chi connectivity index (χ0) is 17.9. The molecule has 0 spiro atoms. The molecule has 0 aromatic carbocycles. The molecule has 0 amide bonds. The molecule has 3 rings (SSSR count). The number of pyridine rings is 1. The summed E-state index contributed by atoms with van der Waals surface area (Å²) in [5.41, 5.74) is 2.42. The molecule has 1 saturated heterocycles. The Morgan fingerprint density at radius 1 is 1.24 bits per heavy atom. The van der Waals surface area contributed by atoms with E-state index >= 15 is 0 Å². The van der Waals surface area contributed by atoms with E-state index in [4.69, 9.17) is 5.41 Å². The second-order valence-corrected chi connectivity index (χ2v) is 10.7. The van der Waals surface area contributed by atoms with Crippen molar-refractivity contribution in [2.45, 2.75) is 13.0 Å². The summed E-state index contributed by atoms with van der Waals surface area (Å²) in [6.07, 6.45) is 2.69. The van der Waals surface area contributed by atoms with Crippen molar-refractivity contribution in [2.75, 3.05) is 64.1 Å². The molecule has 138 valence electrons. The van der Waals surface area contributed by atoms with Crippen LogP contribution in [0.2, 0.25) is 0 Å². The van der Waals surface area contributed by atoms with Crippen molar-refractivity contribution in [1.82, 2.24) is 20.1 Å². The first-order valence-corrected chi connectivity index (χ1v) is 11.5. The lowest BCUT2D eigenvalue weighted by Gasteiger charge is -2.34. The van der Waals surface area contributed by atoms with Gasteiger partial charge in [-0.3, -0.25) is 10.3 Å². The van der Waals surface area contributed by atoms with Crippen LogP contribution in [0.3, 0.4) is 0 Å². The van der Waals surface area contributed by atoms with E-state index in [0.29, 0.717) is 0 Å². The van der Waals surface area contributed by atoms with Gasteiger partial charge >= 0.3 is 0 Å². The zero-order valence-corrected chi connectivity index (χ0v) is 16.1. The first-order valence-electron chi connectivity index (χ1n) is 8.97. The van der Waals surface area contributed by atoms with Crippen molar-refractivity contribution < 1.29 is 4.57 Å². The number of fused-ring (bicyclic) bond motifs is 1. The van der Waals surface area contributed by atoms with E-state index < -0.39 is 7.14 Å². The van der Waals surface area contributed by atoms with Gasteiger partial charge in [-0.1, -0.05) is 6.07 Å². The molecule has 3 heterocycles. The van der Waals surface area contributed by atoms with Gasteiger partial charge in [-0.2, -0.15) is 0 Å². The Balaban J connectivity index is 1.50. The first-order chi connectivity index (χ1) is 11.9. The third kappa shape index (κ3) is 5.03. The smallest absolute Gasteiger partial charge is 0.193 e. The van der Waals surface area contributed by atoms with E-state index in [1.165, 1.54) is 5.56 Å². The number of nitrogens with zero attached hydrogens (tertiary/aromatic N) is 3. The Kier molecular flexibility index (Phi) is 5.77. The number of nitrogens with one attached hydrogen (secondary N) is 3. The Hall–Kier alpha value is -1.43. The molecule has 8 heteroatoms. The van der Waals surface area contributed by atoms with Crippen molar-refractivity contribution >= 4 is 18.9 Å². The summed E-state index contributed by atoms with van der Waals surface area (Å²) < 4.78 is 12.1. The van der Waals surface area contributed by atoms with Crippen molar-refractivity contribution in [3.05, 3.63) is 23.4 Å².